The Morgan fingerprint density at radius 3 is 2.65 bits per heavy atom. The SMILES string of the molecule is Cn1ncnc1Sc1nc(Cl)nc(N2CCCCC2)n1. The van der Waals surface area contributed by atoms with Gasteiger partial charge in [-0.05, 0) is 42.6 Å². The molecule has 20 heavy (non-hydrogen) atoms. The lowest BCUT2D eigenvalue weighted by Gasteiger charge is -2.26. The summed E-state index contributed by atoms with van der Waals surface area (Å²) < 4.78 is 1.67. The molecule has 1 fully saturated rings. The first-order valence-electron chi connectivity index (χ1n) is 6.41. The number of hydrogen-bond donors (Lipinski definition) is 0. The summed E-state index contributed by atoms with van der Waals surface area (Å²) >= 11 is 7.33. The maximum atomic E-state index is 6.00. The summed E-state index contributed by atoms with van der Waals surface area (Å²) in [5.74, 6) is 0.648. The molecule has 0 radical (unpaired) electrons. The molecule has 1 aliphatic rings. The van der Waals surface area contributed by atoms with E-state index < -0.39 is 0 Å². The van der Waals surface area contributed by atoms with Gasteiger partial charge in [0.05, 0.1) is 0 Å². The maximum absolute atomic E-state index is 6.00. The number of aryl methyl sites for hydroxylation is 1. The van der Waals surface area contributed by atoms with Crippen molar-refractivity contribution >= 4 is 29.3 Å². The van der Waals surface area contributed by atoms with Crippen molar-refractivity contribution in [1.82, 2.24) is 29.7 Å². The smallest absolute Gasteiger partial charge is 0.230 e. The Kier molecular flexibility index (Phi) is 4.02. The number of nitrogens with zero attached hydrogens (tertiary/aromatic N) is 7. The van der Waals surface area contributed by atoms with E-state index in [0.717, 1.165) is 31.1 Å². The van der Waals surface area contributed by atoms with Gasteiger partial charge in [-0.3, -0.25) is 0 Å². The van der Waals surface area contributed by atoms with E-state index >= 15 is 0 Å². The summed E-state index contributed by atoms with van der Waals surface area (Å²) in [5, 5.41) is 5.49. The van der Waals surface area contributed by atoms with Gasteiger partial charge in [0.2, 0.25) is 16.4 Å². The number of hydrogen-bond acceptors (Lipinski definition) is 7. The molecular weight excluding hydrogens is 298 g/mol. The molecule has 0 aromatic carbocycles. The van der Waals surface area contributed by atoms with Gasteiger partial charge in [-0.1, -0.05) is 0 Å². The second-order valence-electron chi connectivity index (χ2n) is 4.50. The van der Waals surface area contributed by atoms with Gasteiger partial charge in [-0.2, -0.15) is 20.1 Å². The molecule has 0 aliphatic carbocycles. The fourth-order valence-electron chi connectivity index (χ4n) is 2.06. The largest absolute Gasteiger partial charge is 0.341 e. The highest BCUT2D eigenvalue weighted by molar-refractivity contribution is 7.99. The highest BCUT2D eigenvalue weighted by atomic mass is 35.5. The minimum absolute atomic E-state index is 0.213. The third-order valence-electron chi connectivity index (χ3n) is 3.07. The van der Waals surface area contributed by atoms with Crippen LogP contribution in [-0.2, 0) is 7.05 Å². The van der Waals surface area contributed by atoms with E-state index in [1.165, 1.54) is 24.5 Å². The Balaban J connectivity index is 1.84. The lowest BCUT2D eigenvalue weighted by Crippen LogP contribution is -2.31. The summed E-state index contributed by atoms with van der Waals surface area (Å²) in [7, 11) is 1.82. The minimum Gasteiger partial charge on any atom is -0.341 e. The Bertz CT molecular complexity index is 596. The number of anilines is 1. The molecule has 1 saturated heterocycles. The van der Waals surface area contributed by atoms with E-state index in [1.807, 2.05) is 7.05 Å². The van der Waals surface area contributed by atoms with Crippen LogP contribution in [0.3, 0.4) is 0 Å². The molecule has 106 valence electrons. The van der Waals surface area contributed by atoms with Crippen LogP contribution in [0.2, 0.25) is 5.28 Å². The quantitative estimate of drug-likeness (QED) is 0.855. The maximum Gasteiger partial charge on any atom is 0.230 e. The van der Waals surface area contributed by atoms with Crippen molar-refractivity contribution in [2.24, 2.45) is 7.05 Å². The Morgan fingerprint density at radius 1 is 1.15 bits per heavy atom. The van der Waals surface area contributed by atoms with Gasteiger partial charge in [0.15, 0.2) is 5.16 Å². The zero-order valence-corrected chi connectivity index (χ0v) is 12.6. The van der Waals surface area contributed by atoms with E-state index in [-0.39, 0.29) is 5.28 Å². The van der Waals surface area contributed by atoms with Crippen molar-refractivity contribution in [2.45, 2.75) is 29.6 Å². The second kappa shape index (κ2) is 5.92. The Morgan fingerprint density at radius 2 is 1.95 bits per heavy atom. The topological polar surface area (TPSA) is 72.6 Å². The molecule has 2 aromatic heterocycles. The third kappa shape index (κ3) is 3.01. The Labute approximate surface area is 125 Å². The third-order valence-corrected chi connectivity index (χ3v) is 4.15. The summed E-state index contributed by atoms with van der Waals surface area (Å²) in [5.41, 5.74) is 0. The second-order valence-corrected chi connectivity index (χ2v) is 5.78. The molecule has 2 aromatic rings. The minimum atomic E-state index is 0.213. The van der Waals surface area contributed by atoms with Crippen LogP contribution in [0.1, 0.15) is 19.3 Å². The molecule has 1 aliphatic heterocycles. The summed E-state index contributed by atoms with van der Waals surface area (Å²) in [6, 6.07) is 0. The van der Waals surface area contributed by atoms with Crippen molar-refractivity contribution in [3.8, 4) is 0 Å². The van der Waals surface area contributed by atoms with Gasteiger partial charge in [-0.25, -0.2) is 9.67 Å². The first kappa shape index (κ1) is 13.6. The molecule has 0 saturated carbocycles. The first-order chi connectivity index (χ1) is 9.72. The predicted molar refractivity (Wildman–Crippen MR) is 76.0 cm³/mol. The van der Waals surface area contributed by atoms with Crippen molar-refractivity contribution in [2.75, 3.05) is 18.0 Å². The molecule has 3 heterocycles. The highest BCUT2D eigenvalue weighted by Gasteiger charge is 2.17. The highest BCUT2D eigenvalue weighted by Crippen LogP contribution is 2.25. The number of rotatable bonds is 3. The van der Waals surface area contributed by atoms with Crippen LogP contribution in [0.4, 0.5) is 5.95 Å². The molecular formula is C11H14ClN7S. The van der Waals surface area contributed by atoms with Crippen LogP contribution in [0.15, 0.2) is 16.6 Å². The standard InChI is InChI=1S/C11H14ClN7S/c1-18-11(13-7-14-18)20-10-16-8(12)15-9(17-10)19-5-3-2-4-6-19/h7H,2-6H2,1H3. The van der Waals surface area contributed by atoms with Crippen LogP contribution in [-0.4, -0.2) is 42.8 Å². The fraction of sp³-hybridized carbons (Fsp3) is 0.545. The van der Waals surface area contributed by atoms with E-state index in [4.69, 9.17) is 11.6 Å². The van der Waals surface area contributed by atoms with Crippen LogP contribution in [0.25, 0.3) is 0 Å². The van der Waals surface area contributed by atoms with Gasteiger partial charge in [0, 0.05) is 20.1 Å². The molecule has 0 atom stereocenters. The summed E-state index contributed by atoms with van der Waals surface area (Å²) in [6.07, 6.45) is 5.08. The summed E-state index contributed by atoms with van der Waals surface area (Å²) in [6.45, 7) is 1.93. The lowest BCUT2D eigenvalue weighted by molar-refractivity contribution is 0.564. The van der Waals surface area contributed by atoms with E-state index in [2.05, 4.69) is 29.9 Å². The molecule has 3 rings (SSSR count). The Hall–Kier alpha value is -1.41. The van der Waals surface area contributed by atoms with Gasteiger partial charge < -0.3 is 4.90 Å². The number of piperidine rings is 1. The van der Waals surface area contributed by atoms with Crippen LogP contribution in [0.5, 0.6) is 0 Å². The van der Waals surface area contributed by atoms with Crippen molar-refractivity contribution in [3.05, 3.63) is 11.6 Å². The van der Waals surface area contributed by atoms with E-state index in [1.54, 1.807) is 4.68 Å². The molecule has 9 heteroatoms. The first-order valence-corrected chi connectivity index (χ1v) is 7.60. The van der Waals surface area contributed by atoms with Crippen LogP contribution >= 0.6 is 23.4 Å². The monoisotopic (exact) mass is 311 g/mol. The normalized spacial score (nSPS) is 15.6. The average molecular weight is 312 g/mol. The molecule has 0 unspecified atom stereocenters. The predicted octanol–water partition coefficient (Wildman–Crippen LogP) is 1.79. The summed E-state index contributed by atoms with van der Waals surface area (Å²) in [4.78, 5) is 19.1. The van der Waals surface area contributed by atoms with Gasteiger partial charge >= 0.3 is 0 Å². The molecule has 0 amide bonds. The van der Waals surface area contributed by atoms with Gasteiger partial charge in [0.25, 0.3) is 0 Å². The fourth-order valence-corrected chi connectivity index (χ4v) is 2.97. The number of halogens is 1. The van der Waals surface area contributed by atoms with Crippen molar-refractivity contribution in [1.29, 1.82) is 0 Å². The van der Waals surface area contributed by atoms with Crippen molar-refractivity contribution < 1.29 is 0 Å². The molecule has 7 nitrogen and oxygen atoms in total. The molecule has 0 N–H and O–H groups in total. The average Bonchev–Trinajstić information content (AvgIpc) is 2.85. The van der Waals surface area contributed by atoms with E-state index in [0.29, 0.717) is 11.1 Å². The zero-order valence-electron chi connectivity index (χ0n) is 11.0. The van der Waals surface area contributed by atoms with Crippen LogP contribution in [0, 0.1) is 0 Å². The lowest BCUT2D eigenvalue weighted by atomic mass is 10.1. The molecule has 0 spiro atoms. The molecule has 0 bridgehead atoms. The van der Waals surface area contributed by atoms with Crippen LogP contribution < -0.4 is 4.90 Å². The van der Waals surface area contributed by atoms with Crippen molar-refractivity contribution in [3.63, 3.8) is 0 Å². The van der Waals surface area contributed by atoms with Gasteiger partial charge in [-0.15, -0.1) is 0 Å². The van der Waals surface area contributed by atoms with Gasteiger partial charge in [0.1, 0.15) is 6.33 Å². The number of aromatic nitrogens is 6. The van der Waals surface area contributed by atoms with E-state index in [9.17, 15) is 0 Å². The zero-order chi connectivity index (χ0) is 13.9.